The first kappa shape index (κ1) is 14.4. The molecule has 114 valence electrons. The van der Waals surface area contributed by atoms with Crippen molar-refractivity contribution in [3.05, 3.63) is 23.8 Å². The Hall–Kier alpha value is -1.49. The lowest BCUT2D eigenvalue weighted by Crippen LogP contribution is -2.49. The average Bonchev–Trinajstić information content (AvgIpc) is 2.85. The molecule has 0 aliphatic carbocycles. The first-order valence-electron chi connectivity index (χ1n) is 7.78. The molecule has 0 saturated carbocycles. The van der Waals surface area contributed by atoms with Crippen LogP contribution in [0.15, 0.2) is 12.4 Å². The Bertz CT molecular complexity index is 640. The molecular formula is C16H25N5. The number of hydrogen-bond donors (Lipinski definition) is 0. The Morgan fingerprint density at radius 1 is 1.29 bits per heavy atom. The monoisotopic (exact) mass is 287 g/mol. The molecule has 1 aliphatic heterocycles. The number of hydrogen-bond acceptors (Lipinski definition) is 4. The second-order valence-corrected chi connectivity index (χ2v) is 7.28. The minimum Gasteiger partial charge on any atom is -0.298 e. The van der Waals surface area contributed by atoms with E-state index in [0.717, 1.165) is 12.2 Å². The molecule has 0 amide bonds. The summed E-state index contributed by atoms with van der Waals surface area (Å²) >= 11 is 0. The molecule has 0 aromatic carbocycles. The summed E-state index contributed by atoms with van der Waals surface area (Å²) in [6.45, 7) is 13.5. The zero-order valence-corrected chi connectivity index (χ0v) is 13.7. The fourth-order valence-corrected chi connectivity index (χ4v) is 3.29. The fraction of sp³-hybridized carbons (Fsp3) is 0.688. The number of aromatic nitrogens is 4. The van der Waals surface area contributed by atoms with Crippen molar-refractivity contribution >= 4 is 5.78 Å². The zero-order chi connectivity index (χ0) is 15.2. The van der Waals surface area contributed by atoms with Gasteiger partial charge in [-0.1, -0.05) is 6.92 Å². The SMILES string of the molecule is Cc1cc(C2CN(C(C)(C)C)CC[C@H]2C)n2ncnc2n1. The third-order valence-corrected chi connectivity index (χ3v) is 4.69. The van der Waals surface area contributed by atoms with Crippen LogP contribution in [0.4, 0.5) is 0 Å². The molecule has 1 aliphatic rings. The summed E-state index contributed by atoms with van der Waals surface area (Å²) in [5.74, 6) is 1.84. The summed E-state index contributed by atoms with van der Waals surface area (Å²) in [5, 5.41) is 4.38. The molecule has 5 nitrogen and oxygen atoms in total. The van der Waals surface area contributed by atoms with Gasteiger partial charge in [0.25, 0.3) is 5.78 Å². The molecule has 2 atom stereocenters. The number of nitrogens with zero attached hydrogens (tertiary/aromatic N) is 5. The van der Waals surface area contributed by atoms with Crippen LogP contribution in [0.2, 0.25) is 0 Å². The number of likely N-dealkylation sites (tertiary alicyclic amines) is 1. The van der Waals surface area contributed by atoms with E-state index in [9.17, 15) is 0 Å². The summed E-state index contributed by atoms with van der Waals surface area (Å²) in [5.41, 5.74) is 2.48. The van der Waals surface area contributed by atoms with Crippen molar-refractivity contribution in [2.45, 2.75) is 52.5 Å². The van der Waals surface area contributed by atoms with Crippen LogP contribution in [0.25, 0.3) is 5.78 Å². The van der Waals surface area contributed by atoms with Gasteiger partial charge in [-0.05, 0) is 52.6 Å². The zero-order valence-electron chi connectivity index (χ0n) is 13.7. The van der Waals surface area contributed by atoms with Gasteiger partial charge in [0, 0.05) is 23.7 Å². The summed E-state index contributed by atoms with van der Waals surface area (Å²) in [4.78, 5) is 11.3. The Labute approximate surface area is 126 Å². The van der Waals surface area contributed by atoms with Crippen LogP contribution in [0.5, 0.6) is 0 Å². The van der Waals surface area contributed by atoms with Crippen LogP contribution in [0.1, 0.15) is 51.4 Å². The van der Waals surface area contributed by atoms with Gasteiger partial charge in [0.1, 0.15) is 6.33 Å². The molecule has 1 fully saturated rings. The maximum absolute atomic E-state index is 4.46. The summed E-state index contributed by atoms with van der Waals surface area (Å²) in [6.07, 6.45) is 2.82. The number of aryl methyl sites for hydroxylation is 1. The first-order valence-corrected chi connectivity index (χ1v) is 7.78. The highest BCUT2D eigenvalue weighted by Gasteiger charge is 2.34. The van der Waals surface area contributed by atoms with Crippen molar-refractivity contribution in [2.75, 3.05) is 13.1 Å². The van der Waals surface area contributed by atoms with E-state index >= 15 is 0 Å². The van der Waals surface area contributed by atoms with Crippen LogP contribution < -0.4 is 0 Å². The van der Waals surface area contributed by atoms with Crippen molar-refractivity contribution in [3.8, 4) is 0 Å². The maximum Gasteiger partial charge on any atom is 0.252 e. The van der Waals surface area contributed by atoms with E-state index in [-0.39, 0.29) is 5.54 Å². The van der Waals surface area contributed by atoms with Gasteiger partial charge in [-0.2, -0.15) is 10.1 Å². The van der Waals surface area contributed by atoms with Gasteiger partial charge in [-0.3, -0.25) is 4.90 Å². The predicted molar refractivity (Wildman–Crippen MR) is 83.4 cm³/mol. The normalized spacial score (nSPS) is 24.6. The van der Waals surface area contributed by atoms with Gasteiger partial charge in [0.2, 0.25) is 0 Å². The Balaban J connectivity index is 2.01. The van der Waals surface area contributed by atoms with E-state index in [1.54, 1.807) is 6.33 Å². The highest BCUT2D eigenvalue weighted by Crippen LogP contribution is 2.34. The van der Waals surface area contributed by atoms with E-state index in [1.807, 2.05) is 11.4 Å². The molecule has 1 unspecified atom stereocenters. The largest absolute Gasteiger partial charge is 0.298 e. The minimum absolute atomic E-state index is 0.210. The molecule has 21 heavy (non-hydrogen) atoms. The number of rotatable bonds is 1. The molecule has 2 aromatic rings. The summed E-state index contributed by atoms with van der Waals surface area (Å²) < 4.78 is 1.92. The van der Waals surface area contributed by atoms with E-state index in [0.29, 0.717) is 17.6 Å². The lowest BCUT2D eigenvalue weighted by atomic mass is 9.82. The minimum atomic E-state index is 0.210. The Morgan fingerprint density at radius 2 is 2.05 bits per heavy atom. The van der Waals surface area contributed by atoms with Gasteiger partial charge in [-0.25, -0.2) is 9.50 Å². The molecule has 0 N–H and O–H groups in total. The third kappa shape index (κ3) is 2.67. The lowest BCUT2D eigenvalue weighted by molar-refractivity contribution is 0.0748. The second-order valence-electron chi connectivity index (χ2n) is 7.28. The smallest absolute Gasteiger partial charge is 0.252 e. The molecule has 5 heteroatoms. The van der Waals surface area contributed by atoms with Crippen molar-refractivity contribution in [3.63, 3.8) is 0 Å². The summed E-state index contributed by atoms with van der Waals surface area (Å²) in [6, 6.07) is 2.18. The second kappa shape index (κ2) is 5.05. The van der Waals surface area contributed by atoms with Crippen LogP contribution in [0.3, 0.4) is 0 Å². The highest BCUT2D eigenvalue weighted by atomic mass is 15.3. The average molecular weight is 287 g/mol. The number of piperidine rings is 1. The molecule has 0 spiro atoms. The van der Waals surface area contributed by atoms with Crippen molar-refractivity contribution in [1.29, 1.82) is 0 Å². The standard InChI is InChI=1S/C16H25N5/c1-11-6-7-20(16(3,4)5)9-13(11)14-8-12(2)19-15-17-10-18-21(14)15/h8,10-11,13H,6-7,9H2,1-5H3/t11-,13?/m1/s1. The molecular weight excluding hydrogens is 262 g/mol. The maximum atomic E-state index is 4.46. The van der Waals surface area contributed by atoms with Gasteiger partial charge in [-0.15, -0.1) is 0 Å². The van der Waals surface area contributed by atoms with E-state index in [2.05, 4.69) is 53.7 Å². The van der Waals surface area contributed by atoms with Crippen LogP contribution in [-0.2, 0) is 0 Å². The van der Waals surface area contributed by atoms with Crippen molar-refractivity contribution in [2.24, 2.45) is 5.92 Å². The number of fused-ring (bicyclic) bond motifs is 1. The van der Waals surface area contributed by atoms with Gasteiger partial charge >= 0.3 is 0 Å². The highest BCUT2D eigenvalue weighted by molar-refractivity contribution is 5.32. The van der Waals surface area contributed by atoms with E-state index < -0.39 is 0 Å². The van der Waals surface area contributed by atoms with Crippen molar-refractivity contribution < 1.29 is 0 Å². The lowest BCUT2D eigenvalue weighted by Gasteiger charge is -2.44. The Morgan fingerprint density at radius 3 is 2.76 bits per heavy atom. The fourth-order valence-electron chi connectivity index (χ4n) is 3.29. The van der Waals surface area contributed by atoms with Gasteiger partial charge in [0.15, 0.2) is 0 Å². The Kier molecular flexibility index (Phi) is 3.48. The van der Waals surface area contributed by atoms with E-state index in [1.165, 1.54) is 18.7 Å². The molecule has 2 aromatic heterocycles. The van der Waals surface area contributed by atoms with Gasteiger partial charge < -0.3 is 0 Å². The molecule has 1 saturated heterocycles. The van der Waals surface area contributed by atoms with Crippen LogP contribution in [0, 0.1) is 12.8 Å². The first-order chi connectivity index (χ1) is 9.86. The third-order valence-electron chi connectivity index (χ3n) is 4.69. The van der Waals surface area contributed by atoms with E-state index in [4.69, 9.17) is 0 Å². The topological polar surface area (TPSA) is 46.3 Å². The molecule has 3 heterocycles. The molecule has 0 radical (unpaired) electrons. The predicted octanol–water partition coefficient (Wildman–Crippen LogP) is 2.66. The quantitative estimate of drug-likeness (QED) is 0.809. The van der Waals surface area contributed by atoms with Crippen LogP contribution >= 0.6 is 0 Å². The molecule has 3 rings (SSSR count). The van der Waals surface area contributed by atoms with Crippen molar-refractivity contribution in [1.82, 2.24) is 24.5 Å². The van der Waals surface area contributed by atoms with Crippen LogP contribution in [-0.4, -0.2) is 43.1 Å². The molecule has 0 bridgehead atoms. The van der Waals surface area contributed by atoms with Gasteiger partial charge in [0.05, 0.1) is 5.69 Å². The summed E-state index contributed by atoms with van der Waals surface area (Å²) in [7, 11) is 0.